The van der Waals surface area contributed by atoms with Crippen molar-refractivity contribution in [2.75, 3.05) is 13.7 Å². The molecule has 0 aliphatic carbocycles. The molecule has 3 aromatic rings. The van der Waals surface area contributed by atoms with Gasteiger partial charge in [-0.3, -0.25) is 4.79 Å². The Labute approximate surface area is 155 Å². The molecule has 0 saturated carbocycles. The van der Waals surface area contributed by atoms with Gasteiger partial charge in [-0.25, -0.2) is 4.79 Å². The van der Waals surface area contributed by atoms with Crippen LogP contribution in [0.2, 0.25) is 5.02 Å². The van der Waals surface area contributed by atoms with Gasteiger partial charge < -0.3 is 14.1 Å². The van der Waals surface area contributed by atoms with Crippen LogP contribution < -0.4 is 10.4 Å². The van der Waals surface area contributed by atoms with Crippen molar-refractivity contribution in [3.05, 3.63) is 75.1 Å². The molecule has 1 aromatic heterocycles. The molecule has 0 fully saturated rings. The van der Waals surface area contributed by atoms with Gasteiger partial charge in [0, 0.05) is 36.1 Å². The molecule has 0 aliphatic rings. The van der Waals surface area contributed by atoms with Crippen molar-refractivity contribution >= 4 is 28.5 Å². The fourth-order valence-electron chi connectivity index (χ4n) is 2.72. The van der Waals surface area contributed by atoms with Crippen LogP contribution in [0.5, 0.6) is 5.75 Å². The van der Waals surface area contributed by atoms with E-state index in [2.05, 4.69) is 0 Å². The first-order valence-electron chi connectivity index (χ1n) is 8.18. The minimum Gasteiger partial charge on any atom is -0.494 e. The highest BCUT2D eigenvalue weighted by Gasteiger charge is 2.18. The maximum atomic E-state index is 12.9. The highest BCUT2D eigenvalue weighted by Crippen LogP contribution is 2.24. The number of nitrogens with zero attached hydrogens (tertiary/aromatic N) is 1. The topological polar surface area (TPSA) is 59.8 Å². The van der Waals surface area contributed by atoms with E-state index in [0.717, 1.165) is 5.56 Å². The second kappa shape index (κ2) is 7.62. The summed E-state index contributed by atoms with van der Waals surface area (Å²) < 4.78 is 10.7. The van der Waals surface area contributed by atoms with Crippen LogP contribution in [-0.4, -0.2) is 24.5 Å². The number of rotatable bonds is 5. The highest BCUT2D eigenvalue weighted by molar-refractivity contribution is 6.30. The molecule has 1 amide bonds. The smallest absolute Gasteiger partial charge is 0.337 e. The zero-order valence-electron chi connectivity index (χ0n) is 14.5. The molecule has 0 saturated heterocycles. The Hall–Kier alpha value is -2.79. The number of carbonyl (C=O) groups is 1. The summed E-state index contributed by atoms with van der Waals surface area (Å²) in [5.74, 6) is 0.323. The van der Waals surface area contributed by atoms with Gasteiger partial charge in [-0.1, -0.05) is 23.7 Å². The first-order chi connectivity index (χ1) is 12.5. The van der Waals surface area contributed by atoms with Crippen molar-refractivity contribution in [2.45, 2.75) is 13.5 Å². The number of hydrogen-bond acceptors (Lipinski definition) is 4. The van der Waals surface area contributed by atoms with Crippen molar-refractivity contribution in [3.63, 3.8) is 0 Å². The van der Waals surface area contributed by atoms with E-state index in [9.17, 15) is 9.59 Å². The minimum absolute atomic E-state index is 0.262. The Kier molecular flexibility index (Phi) is 5.28. The summed E-state index contributed by atoms with van der Waals surface area (Å²) in [4.78, 5) is 26.3. The van der Waals surface area contributed by atoms with Crippen LogP contribution >= 0.6 is 11.6 Å². The van der Waals surface area contributed by atoms with E-state index in [1.54, 1.807) is 42.3 Å². The highest BCUT2D eigenvalue weighted by atomic mass is 35.5. The predicted octanol–water partition coefficient (Wildman–Crippen LogP) is 4.12. The first-order valence-corrected chi connectivity index (χ1v) is 8.56. The lowest BCUT2D eigenvalue weighted by atomic mass is 10.1. The van der Waals surface area contributed by atoms with Gasteiger partial charge in [0.1, 0.15) is 11.3 Å². The van der Waals surface area contributed by atoms with Gasteiger partial charge in [-0.15, -0.1) is 0 Å². The lowest BCUT2D eigenvalue weighted by Gasteiger charge is -2.18. The van der Waals surface area contributed by atoms with Gasteiger partial charge >= 0.3 is 5.63 Å². The number of fused-ring (bicyclic) bond motifs is 1. The first kappa shape index (κ1) is 18.0. The Morgan fingerprint density at radius 3 is 2.58 bits per heavy atom. The van der Waals surface area contributed by atoms with Crippen LogP contribution in [-0.2, 0) is 6.54 Å². The number of carbonyl (C=O) groups excluding carboxylic acids is 1. The van der Waals surface area contributed by atoms with E-state index in [-0.39, 0.29) is 5.91 Å². The largest absolute Gasteiger partial charge is 0.494 e. The third-order valence-corrected chi connectivity index (χ3v) is 4.19. The van der Waals surface area contributed by atoms with Crippen molar-refractivity contribution in [2.24, 2.45) is 0 Å². The predicted molar refractivity (Wildman–Crippen MR) is 101 cm³/mol. The van der Waals surface area contributed by atoms with Crippen LogP contribution in [0.4, 0.5) is 0 Å². The molecule has 0 N–H and O–H groups in total. The maximum absolute atomic E-state index is 12.9. The average Bonchev–Trinajstić information content (AvgIpc) is 2.62. The zero-order chi connectivity index (χ0) is 18.7. The molecule has 0 unspecified atom stereocenters. The van der Waals surface area contributed by atoms with E-state index in [4.69, 9.17) is 20.8 Å². The maximum Gasteiger partial charge on any atom is 0.337 e. The third-order valence-electron chi connectivity index (χ3n) is 3.94. The molecule has 0 aliphatic heterocycles. The monoisotopic (exact) mass is 371 g/mol. The van der Waals surface area contributed by atoms with Crippen LogP contribution in [0.15, 0.2) is 57.7 Å². The van der Waals surface area contributed by atoms with Crippen LogP contribution in [0.1, 0.15) is 22.8 Å². The van der Waals surface area contributed by atoms with Crippen molar-refractivity contribution in [3.8, 4) is 5.75 Å². The van der Waals surface area contributed by atoms with Gasteiger partial charge in [-0.05, 0) is 36.8 Å². The molecule has 26 heavy (non-hydrogen) atoms. The number of halogens is 1. The lowest BCUT2D eigenvalue weighted by molar-refractivity contribution is 0.0786. The second-order valence-corrected chi connectivity index (χ2v) is 6.29. The van der Waals surface area contributed by atoms with Crippen molar-refractivity contribution in [1.29, 1.82) is 0 Å². The van der Waals surface area contributed by atoms with Gasteiger partial charge in [-0.2, -0.15) is 0 Å². The lowest BCUT2D eigenvalue weighted by Crippen LogP contribution is -2.27. The number of ether oxygens (including phenoxy) is 1. The summed E-state index contributed by atoms with van der Waals surface area (Å²) in [5, 5.41) is 1.21. The molecule has 134 valence electrons. The molecule has 3 rings (SSSR count). The molecule has 0 bridgehead atoms. The molecule has 6 heteroatoms. The molecule has 5 nitrogen and oxygen atoms in total. The Bertz CT molecular complexity index is 995. The van der Waals surface area contributed by atoms with Gasteiger partial charge in [0.2, 0.25) is 0 Å². The molecule has 1 heterocycles. The number of benzene rings is 2. The third kappa shape index (κ3) is 3.89. The summed E-state index contributed by atoms with van der Waals surface area (Å²) in [6.45, 7) is 2.76. The number of hydrogen-bond donors (Lipinski definition) is 0. The van der Waals surface area contributed by atoms with Crippen LogP contribution in [0, 0.1) is 0 Å². The van der Waals surface area contributed by atoms with E-state index in [1.807, 2.05) is 19.1 Å². The standard InChI is InChI=1S/C20H18ClNO4/c1-3-25-15-8-9-16-17(11-19(23)26-18(16)10-15)20(24)22(2)12-13-4-6-14(21)7-5-13/h4-11H,3,12H2,1-2H3. The Morgan fingerprint density at radius 1 is 1.15 bits per heavy atom. The summed E-state index contributed by atoms with van der Waals surface area (Å²) in [5.41, 5.74) is 0.994. The summed E-state index contributed by atoms with van der Waals surface area (Å²) in [7, 11) is 1.69. The molecular formula is C20H18ClNO4. The van der Waals surface area contributed by atoms with E-state index in [0.29, 0.717) is 40.5 Å². The van der Waals surface area contributed by atoms with Crippen molar-refractivity contribution in [1.82, 2.24) is 4.90 Å². The van der Waals surface area contributed by atoms with E-state index >= 15 is 0 Å². The molecule has 0 atom stereocenters. The zero-order valence-corrected chi connectivity index (χ0v) is 15.2. The molecule has 2 aromatic carbocycles. The van der Waals surface area contributed by atoms with E-state index < -0.39 is 5.63 Å². The minimum atomic E-state index is -0.575. The number of amides is 1. The summed E-state index contributed by atoms with van der Waals surface area (Å²) >= 11 is 5.89. The van der Waals surface area contributed by atoms with Gasteiger partial charge in [0.05, 0.1) is 12.2 Å². The van der Waals surface area contributed by atoms with Gasteiger partial charge in [0.25, 0.3) is 5.91 Å². The second-order valence-electron chi connectivity index (χ2n) is 5.86. The molecule has 0 spiro atoms. The SMILES string of the molecule is CCOc1ccc2c(C(=O)N(C)Cc3ccc(Cl)cc3)cc(=O)oc2c1. The van der Waals surface area contributed by atoms with Crippen LogP contribution in [0.25, 0.3) is 11.0 Å². The Morgan fingerprint density at radius 2 is 1.88 bits per heavy atom. The average molecular weight is 372 g/mol. The van der Waals surface area contributed by atoms with Crippen LogP contribution in [0.3, 0.4) is 0 Å². The van der Waals surface area contributed by atoms with Gasteiger partial charge in [0.15, 0.2) is 0 Å². The molecule has 0 radical (unpaired) electrons. The summed E-state index contributed by atoms with van der Waals surface area (Å²) in [6.07, 6.45) is 0. The van der Waals surface area contributed by atoms with E-state index in [1.165, 1.54) is 6.07 Å². The van der Waals surface area contributed by atoms with Crippen molar-refractivity contribution < 1.29 is 13.9 Å². The fraction of sp³-hybridized carbons (Fsp3) is 0.200. The summed E-state index contributed by atoms with van der Waals surface area (Å²) in [6, 6.07) is 13.6. The molecular weight excluding hydrogens is 354 g/mol. The quantitative estimate of drug-likeness (QED) is 0.633. The Balaban J connectivity index is 1.93. The fourth-order valence-corrected chi connectivity index (χ4v) is 2.84. The normalized spacial score (nSPS) is 10.7.